The van der Waals surface area contributed by atoms with Gasteiger partial charge in [0.05, 0.1) is 6.04 Å². The first-order valence-electron chi connectivity index (χ1n) is 7.66. The van der Waals surface area contributed by atoms with Crippen LogP contribution in [0.15, 0.2) is 29.3 Å². The molecule has 0 fully saturated rings. The number of halogens is 2. The summed E-state index contributed by atoms with van der Waals surface area (Å²) in [5.74, 6) is 2.44. The van der Waals surface area contributed by atoms with E-state index in [0.29, 0.717) is 6.54 Å². The summed E-state index contributed by atoms with van der Waals surface area (Å²) in [6.45, 7) is 7.28. The number of rotatable bonds is 5. The van der Waals surface area contributed by atoms with Gasteiger partial charge in [-0.25, -0.2) is 4.99 Å². The number of hydrogen-bond donors (Lipinski definition) is 2. The first kappa shape index (κ1) is 20.7. The van der Waals surface area contributed by atoms with E-state index in [1.54, 1.807) is 0 Å². The Morgan fingerprint density at radius 1 is 1.38 bits per heavy atom. The first-order valence-corrected chi connectivity index (χ1v) is 8.04. The molecule has 1 heterocycles. The van der Waals surface area contributed by atoms with Crippen LogP contribution in [0.2, 0.25) is 5.02 Å². The highest BCUT2D eigenvalue weighted by Crippen LogP contribution is 2.17. The Morgan fingerprint density at radius 3 is 2.71 bits per heavy atom. The second-order valence-corrected chi connectivity index (χ2v) is 5.78. The Kier molecular flexibility index (Phi) is 8.47. The molecule has 1 unspecified atom stereocenters. The van der Waals surface area contributed by atoms with Gasteiger partial charge in [0, 0.05) is 18.6 Å². The predicted molar refractivity (Wildman–Crippen MR) is 109 cm³/mol. The van der Waals surface area contributed by atoms with Crippen molar-refractivity contribution in [2.24, 2.45) is 12.0 Å². The Balaban J connectivity index is 0.00000288. The van der Waals surface area contributed by atoms with Gasteiger partial charge in [0.25, 0.3) is 0 Å². The van der Waals surface area contributed by atoms with Gasteiger partial charge in [-0.3, -0.25) is 0 Å². The highest BCUT2D eigenvalue weighted by atomic mass is 127. The summed E-state index contributed by atoms with van der Waals surface area (Å²) in [4.78, 5) is 4.58. The van der Waals surface area contributed by atoms with E-state index in [9.17, 15) is 0 Å². The van der Waals surface area contributed by atoms with E-state index in [0.717, 1.165) is 34.7 Å². The van der Waals surface area contributed by atoms with Crippen molar-refractivity contribution in [2.75, 3.05) is 6.54 Å². The molecule has 2 rings (SSSR count). The van der Waals surface area contributed by atoms with E-state index in [2.05, 4.69) is 32.7 Å². The molecule has 6 nitrogen and oxygen atoms in total. The smallest absolute Gasteiger partial charge is 0.192 e. The molecule has 1 atom stereocenters. The molecule has 0 spiro atoms. The minimum atomic E-state index is 0. The zero-order valence-electron chi connectivity index (χ0n) is 14.4. The molecular weight excluding hydrogens is 439 g/mol. The van der Waals surface area contributed by atoms with Gasteiger partial charge in [-0.05, 0) is 38.5 Å². The molecule has 2 aromatic rings. The molecular formula is C16H24ClIN6. The number of aromatic nitrogens is 3. The largest absolute Gasteiger partial charge is 0.357 e. The average Bonchev–Trinajstić information content (AvgIpc) is 2.84. The fraction of sp³-hybridized carbons (Fsp3) is 0.438. The van der Waals surface area contributed by atoms with Crippen molar-refractivity contribution in [1.29, 1.82) is 0 Å². The second-order valence-electron chi connectivity index (χ2n) is 5.34. The van der Waals surface area contributed by atoms with Crippen LogP contribution in [0.1, 0.15) is 37.1 Å². The summed E-state index contributed by atoms with van der Waals surface area (Å²) in [7, 11) is 1.94. The molecule has 132 valence electrons. The minimum Gasteiger partial charge on any atom is -0.357 e. The molecule has 0 bridgehead atoms. The first-order chi connectivity index (χ1) is 11.0. The molecule has 1 aromatic heterocycles. The van der Waals surface area contributed by atoms with Crippen molar-refractivity contribution in [3.8, 4) is 0 Å². The maximum atomic E-state index is 6.06. The van der Waals surface area contributed by atoms with Crippen molar-refractivity contribution in [1.82, 2.24) is 25.4 Å². The number of aliphatic imine (C=N–C) groups is 1. The van der Waals surface area contributed by atoms with Crippen LogP contribution >= 0.6 is 35.6 Å². The van der Waals surface area contributed by atoms with E-state index in [4.69, 9.17) is 11.6 Å². The number of aryl methyl sites for hydroxylation is 1. The highest BCUT2D eigenvalue weighted by Gasteiger charge is 2.09. The molecule has 2 N–H and O–H groups in total. The fourth-order valence-corrected chi connectivity index (χ4v) is 2.32. The molecule has 0 amide bonds. The maximum absolute atomic E-state index is 6.06. The molecule has 0 aliphatic carbocycles. The van der Waals surface area contributed by atoms with Crippen LogP contribution < -0.4 is 10.6 Å². The van der Waals surface area contributed by atoms with Crippen molar-refractivity contribution in [3.63, 3.8) is 0 Å². The molecule has 0 aliphatic rings. The summed E-state index contributed by atoms with van der Waals surface area (Å²) in [5.41, 5.74) is 1.11. The summed E-state index contributed by atoms with van der Waals surface area (Å²) in [5, 5.41) is 15.5. The lowest BCUT2D eigenvalue weighted by molar-refractivity contribution is 0.681. The number of nitrogens with one attached hydrogen (secondary N) is 2. The van der Waals surface area contributed by atoms with Gasteiger partial charge in [-0.2, -0.15) is 0 Å². The Hall–Kier alpha value is -1.35. The second kappa shape index (κ2) is 9.83. The fourth-order valence-electron chi connectivity index (χ4n) is 2.12. The van der Waals surface area contributed by atoms with Crippen molar-refractivity contribution in [3.05, 3.63) is 46.5 Å². The topological polar surface area (TPSA) is 67.1 Å². The van der Waals surface area contributed by atoms with Crippen molar-refractivity contribution >= 4 is 41.5 Å². The summed E-state index contributed by atoms with van der Waals surface area (Å²) in [6.07, 6.45) is 0. The normalized spacial score (nSPS) is 12.5. The van der Waals surface area contributed by atoms with Crippen LogP contribution in [0.4, 0.5) is 0 Å². The van der Waals surface area contributed by atoms with E-state index < -0.39 is 0 Å². The molecule has 0 radical (unpaired) electrons. The van der Waals surface area contributed by atoms with Crippen LogP contribution in [0.3, 0.4) is 0 Å². The van der Waals surface area contributed by atoms with Crippen LogP contribution in [-0.2, 0) is 13.6 Å². The van der Waals surface area contributed by atoms with E-state index >= 15 is 0 Å². The van der Waals surface area contributed by atoms with Gasteiger partial charge in [0.1, 0.15) is 12.4 Å². The van der Waals surface area contributed by atoms with Crippen LogP contribution in [0.5, 0.6) is 0 Å². The van der Waals surface area contributed by atoms with Crippen LogP contribution in [-0.4, -0.2) is 27.3 Å². The van der Waals surface area contributed by atoms with Crippen LogP contribution in [0.25, 0.3) is 0 Å². The number of guanidine groups is 1. The summed E-state index contributed by atoms with van der Waals surface area (Å²) in [6, 6.07) is 7.90. The van der Waals surface area contributed by atoms with Gasteiger partial charge in [-0.15, -0.1) is 34.2 Å². The highest BCUT2D eigenvalue weighted by molar-refractivity contribution is 14.0. The quantitative estimate of drug-likeness (QED) is 0.407. The molecule has 0 saturated carbocycles. The lowest BCUT2D eigenvalue weighted by Crippen LogP contribution is -2.38. The Morgan fingerprint density at radius 2 is 2.12 bits per heavy atom. The lowest BCUT2D eigenvalue weighted by atomic mass is 10.1. The van der Waals surface area contributed by atoms with Crippen molar-refractivity contribution < 1.29 is 0 Å². The minimum absolute atomic E-state index is 0. The standard InChI is InChI=1S/C16H23ClN6.HI/c1-5-18-16(19-10-15-22-21-12(3)23(15)4)20-11(2)13-7-6-8-14(17)9-13;/h6-9,11H,5,10H2,1-4H3,(H2,18,19,20);1H. The molecule has 0 saturated heterocycles. The Bertz CT molecular complexity index is 685. The molecule has 1 aromatic carbocycles. The SMILES string of the molecule is CCNC(=NCc1nnc(C)n1C)NC(C)c1cccc(Cl)c1.I. The summed E-state index contributed by atoms with van der Waals surface area (Å²) >= 11 is 6.06. The van der Waals surface area contributed by atoms with Gasteiger partial charge >= 0.3 is 0 Å². The third-order valence-electron chi connectivity index (χ3n) is 3.61. The number of hydrogen-bond acceptors (Lipinski definition) is 3. The molecule has 0 aliphatic heterocycles. The zero-order chi connectivity index (χ0) is 16.8. The van der Waals surface area contributed by atoms with Crippen molar-refractivity contribution in [2.45, 2.75) is 33.4 Å². The van der Waals surface area contributed by atoms with E-state index in [1.807, 2.05) is 49.7 Å². The van der Waals surface area contributed by atoms with Gasteiger partial charge in [0.2, 0.25) is 0 Å². The predicted octanol–water partition coefficient (Wildman–Crippen LogP) is 3.21. The van der Waals surface area contributed by atoms with Gasteiger partial charge in [-0.1, -0.05) is 23.7 Å². The van der Waals surface area contributed by atoms with E-state index in [1.165, 1.54) is 0 Å². The lowest BCUT2D eigenvalue weighted by Gasteiger charge is -2.18. The van der Waals surface area contributed by atoms with Gasteiger partial charge < -0.3 is 15.2 Å². The average molecular weight is 463 g/mol. The Labute approximate surface area is 165 Å². The molecule has 8 heteroatoms. The third kappa shape index (κ3) is 5.62. The number of nitrogens with zero attached hydrogens (tertiary/aromatic N) is 4. The monoisotopic (exact) mass is 462 g/mol. The van der Waals surface area contributed by atoms with Crippen LogP contribution in [0, 0.1) is 6.92 Å². The van der Waals surface area contributed by atoms with Gasteiger partial charge in [0.15, 0.2) is 11.8 Å². The maximum Gasteiger partial charge on any atom is 0.192 e. The molecule has 24 heavy (non-hydrogen) atoms. The zero-order valence-corrected chi connectivity index (χ0v) is 17.5. The number of benzene rings is 1. The third-order valence-corrected chi connectivity index (χ3v) is 3.84. The van der Waals surface area contributed by atoms with E-state index in [-0.39, 0.29) is 30.0 Å². The summed E-state index contributed by atoms with van der Waals surface area (Å²) < 4.78 is 1.94.